The van der Waals surface area contributed by atoms with Crippen molar-refractivity contribution in [2.24, 2.45) is 0 Å². The SMILES string of the molecule is CCC/C=C/CC/C=C/C(O)C(CO)NC(=O)CCCCCCCCCCCCCCCCCCCCCCCCCCC/C=C\CCCCCCCCCC. The lowest BCUT2D eigenvalue weighted by Crippen LogP contribution is -2.45. The van der Waals surface area contributed by atoms with Gasteiger partial charge in [0.1, 0.15) is 0 Å². The van der Waals surface area contributed by atoms with Crippen LogP contribution in [0.3, 0.4) is 0 Å². The van der Waals surface area contributed by atoms with Gasteiger partial charge >= 0.3 is 0 Å². The first-order valence-electron chi connectivity index (χ1n) is 25.2. The lowest BCUT2D eigenvalue weighted by Gasteiger charge is -2.19. The van der Waals surface area contributed by atoms with E-state index >= 15 is 0 Å². The highest BCUT2D eigenvalue weighted by molar-refractivity contribution is 5.76. The van der Waals surface area contributed by atoms with Gasteiger partial charge in [-0.3, -0.25) is 4.79 Å². The van der Waals surface area contributed by atoms with E-state index in [1.165, 1.54) is 212 Å². The fourth-order valence-electron chi connectivity index (χ4n) is 7.73. The highest BCUT2D eigenvalue weighted by Gasteiger charge is 2.17. The summed E-state index contributed by atoms with van der Waals surface area (Å²) in [5, 5.41) is 22.8. The molecule has 0 aliphatic rings. The number of nitrogens with one attached hydrogen (secondary N) is 1. The van der Waals surface area contributed by atoms with Crippen LogP contribution in [0.2, 0.25) is 0 Å². The third-order valence-electron chi connectivity index (χ3n) is 11.6. The summed E-state index contributed by atoms with van der Waals surface area (Å²) in [5.41, 5.74) is 0. The number of unbranched alkanes of at least 4 members (excludes halogenated alkanes) is 35. The molecule has 0 aliphatic carbocycles. The summed E-state index contributed by atoms with van der Waals surface area (Å²) in [5.74, 6) is -0.0749. The summed E-state index contributed by atoms with van der Waals surface area (Å²) in [6.07, 6.45) is 64.8. The largest absolute Gasteiger partial charge is 0.394 e. The Kier molecular flexibility index (Phi) is 46.8. The van der Waals surface area contributed by atoms with Gasteiger partial charge in [-0.15, -0.1) is 0 Å². The zero-order valence-corrected chi connectivity index (χ0v) is 37.9. The van der Waals surface area contributed by atoms with Gasteiger partial charge in [-0.1, -0.05) is 249 Å². The fourth-order valence-corrected chi connectivity index (χ4v) is 7.73. The molecule has 0 aromatic rings. The van der Waals surface area contributed by atoms with Crippen LogP contribution in [0.1, 0.15) is 271 Å². The standard InChI is InChI=1S/C52H99NO3/c1-3-5-7-9-11-12-13-14-15-16-17-18-19-20-21-22-23-24-25-26-27-28-29-30-31-32-33-34-35-36-37-38-39-40-42-44-46-48-52(56)53-50(49-54)51(55)47-45-43-41-10-8-6-4-2/h8,10,16-17,45,47,50-51,54-55H,3-7,9,11-15,18-44,46,48-49H2,1-2H3,(H,53,56)/b10-8+,17-16-,47-45+. The van der Waals surface area contributed by atoms with E-state index in [0.29, 0.717) is 6.42 Å². The van der Waals surface area contributed by atoms with Crippen LogP contribution in [-0.4, -0.2) is 34.9 Å². The Labute approximate surface area is 351 Å². The molecule has 2 unspecified atom stereocenters. The minimum absolute atomic E-state index is 0.0749. The summed E-state index contributed by atoms with van der Waals surface area (Å²) < 4.78 is 0. The molecule has 4 heteroatoms. The third-order valence-corrected chi connectivity index (χ3v) is 11.6. The Morgan fingerprint density at radius 2 is 0.732 bits per heavy atom. The first kappa shape index (κ1) is 54.6. The molecule has 0 saturated heterocycles. The maximum absolute atomic E-state index is 12.3. The van der Waals surface area contributed by atoms with Gasteiger partial charge < -0.3 is 15.5 Å². The van der Waals surface area contributed by atoms with Gasteiger partial charge in [0.05, 0.1) is 18.8 Å². The number of aliphatic hydroxyl groups excluding tert-OH is 2. The molecule has 56 heavy (non-hydrogen) atoms. The number of allylic oxidation sites excluding steroid dienone is 5. The van der Waals surface area contributed by atoms with Crippen molar-refractivity contribution in [2.75, 3.05) is 6.61 Å². The van der Waals surface area contributed by atoms with Crippen molar-refractivity contribution in [3.63, 3.8) is 0 Å². The van der Waals surface area contributed by atoms with Crippen molar-refractivity contribution in [1.82, 2.24) is 5.32 Å². The lowest BCUT2D eigenvalue weighted by molar-refractivity contribution is -0.123. The van der Waals surface area contributed by atoms with Gasteiger partial charge in [0, 0.05) is 6.42 Å². The maximum Gasteiger partial charge on any atom is 0.220 e. The van der Waals surface area contributed by atoms with E-state index in [2.05, 4.69) is 43.5 Å². The Morgan fingerprint density at radius 1 is 0.411 bits per heavy atom. The van der Waals surface area contributed by atoms with E-state index in [1.54, 1.807) is 6.08 Å². The van der Waals surface area contributed by atoms with Crippen LogP contribution in [0.5, 0.6) is 0 Å². The van der Waals surface area contributed by atoms with Crippen LogP contribution in [0.25, 0.3) is 0 Å². The van der Waals surface area contributed by atoms with Gasteiger partial charge in [-0.2, -0.15) is 0 Å². The molecule has 0 heterocycles. The average molecular weight is 786 g/mol. The van der Waals surface area contributed by atoms with Crippen molar-refractivity contribution in [3.8, 4) is 0 Å². The predicted octanol–water partition coefficient (Wildman–Crippen LogP) is 16.1. The number of amides is 1. The quantitative estimate of drug-likeness (QED) is 0.0425. The van der Waals surface area contributed by atoms with Gasteiger partial charge in [0.15, 0.2) is 0 Å². The van der Waals surface area contributed by atoms with Crippen LogP contribution < -0.4 is 5.32 Å². The maximum atomic E-state index is 12.3. The zero-order chi connectivity index (χ0) is 40.7. The number of hydrogen-bond acceptors (Lipinski definition) is 3. The van der Waals surface area contributed by atoms with Gasteiger partial charge in [-0.25, -0.2) is 0 Å². The molecule has 0 bridgehead atoms. The molecule has 1 amide bonds. The molecular weight excluding hydrogens is 687 g/mol. The summed E-state index contributed by atoms with van der Waals surface area (Å²) >= 11 is 0. The molecule has 0 aromatic heterocycles. The summed E-state index contributed by atoms with van der Waals surface area (Å²) in [6.45, 7) is 4.20. The van der Waals surface area contributed by atoms with Crippen LogP contribution in [0.15, 0.2) is 36.5 Å². The van der Waals surface area contributed by atoms with Gasteiger partial charge in [0.2, 0.25) is 5.91 Å². The predicted molar refractivity (Wildman–Crippen MR) is 248 cm³/mol. The Morgan fingerprint density at radius 3 is 1.11 bits per heavy atom. The second-order valence-electron chi connectivity index (χ2n) is 17.2. The minimum Gasteiger partial charge on any atom is -0.394 e. The molecule has 0 rings (SSSR count). The molecule has 3 N–H and O–H groups in total. The molecule has 0 radical (unpaired) electrons. The minimum atomic E-state index is -0.856. The van der Waals surface area contributed by atoms with E-state index in [0.717, 1.165) is 38.5 Å². The zero-order valence-electron chi connectivity index (χ0n) is 37.9. The van der Waals surface area contributed by atoms with Crippen molar-refractivity contribution in [3.05, 3.63) is 36.5 Å². The molecule has 330 valence electrons. The van der Waals surface area contributed by atoms with Crippen LogP contribution in [0, 0.1) is 0 Å². The van der Waals surface area contributed by atoms with Crippen molar-refractivity contribution in [2.45, 2.75) is 283 Å². The Balaban J connectivity index is 3.32. The number of carbonyl (C=O) groups excluding carboxylic acids is 1. The molecule has 0 aliphatic heterocycles. The van der Waals surface area contributed by atoms with Gasteiger partial charge in [0.25, 0.3) is 0 Å². The average Bonchev–Trinajstić information content (AvgIpc) is 3.20. The van der Waals surface area contributed by atoms with E-state index in [4.69, 9.17) is 0 Å². The topological polar surface area (TPSA) is 69.6 Å². The number of rotatable bonds is 46. The highest BCUT2D eigenvalue weighted by Crippen LogP contribution is 2.17. The summed E-state index contributed by atoms with van der Waals surface area (Å²) in [7, 11) is 0. The number of carbonyl (C=O) groups is 1. The first-order chi connectivity index (χ1) is 27.7. The lowest BCUT2D eigenvalue weighted by atomic mass is 10.0. The number of hydrogen-bond donors (Lipinski definition) is 3. The van der Waals surface area contributed by atoms with E-state index in [9.17, 15) is 15.0 Å². The third kappa shape index (κ3) is 43.7. The molecule has 4 nitrogen and oxygen atoms in total. The van der Waals surface area contributed by atoms with Crippen molar-refractivity contribution in [1.29, 1.82) is 0 Å². The molecule has 0 fully saturated rings. The van der Waals surface area contributed by atoms with Crippen LogP contribution >= 0.6 is 0 Å². The second kappa shape index (κ2) is 48.0. The fraction of sp³-hybridized carbons (Fsp3) is 0.865. The molecule has 0 aromatic carbocycles. The Bertz CT molecular complexity index is 851. The number of aliphatic hydroxyl groups is 2. The Hall–Kier alpha value is -1.39. The monoisotopic (exact) mass is 786 g/mol. The van der Waals surface area contributed by atoms with Crippen molar-refractivity contribution >= 4 is 5.91 Å². The smallest absolute Gasteiger partial charge is 0.220 e. The van der Waals surface area contributed by atoms with E-state index in [-0.39, 0.29) is 12.5 Å². The molecular formula is C52H99NO3. The van der Waals surface area contributed by atoms with E-state index in [1.807, 2.05) is 6.08 Å². The van der Waals surface area contributed by atoms with Crippen LogP contribution in [0.4, 0.5) is 0 Å². The van der Waals surface area contributed by atoms with E-state index < -0.39 is 12.1 Å². The molecule has 0 spiro atoms. The second-order valence-corrected chi connectivity index (χ2v) is 17.2. The normalized spacial score (nSPS) is 13.1. The van der Waals surface area contributed by atoms with Crippen molar-refractivity contribution < 1.29 is 15.0 Å². The summed E-state index contributed by atoms with van der Waals surface area (Å²) in [6, 6.07) is -0.633. The molecule has 2 atom stereocenters. The van der Waals surface area contributed by atoms with Crippen LogP contribution in [-0.2, 0) is 4.79 Å². The van der Waals surface area contributed by atoms with Gasteiger partial charge in [-0.05, 0) is 51.4 Å². The first-order valence-corrected chi connectivity index (χ1v) is 25.2. The molecule has 0 saturated carbocycles. The highest BCUT2D eigenvalue weighted by atomic mass is 16.3. The summed E-state index contributed by atoms with van der Waals surface area (Å²) in [4.78, 5) is 12.3.